The number of benzene rings is 1. The summed E-state index contributed by atoms with van der Waals surface area (Å²) in [5.41, 5.74) is 1.06. The van der Waals surface area contributed by atoms with Gasteiger partial charge in [0.1, 0.15) is 5.75 Å². The molecule has 0 aromatic heterocycles. The maximum atomic E-state index is 12.4. The highest BCUT2D eigenvalue weighted by atomic mass is 35.5. The molecule has 0 saturated carbocycles. The molecule has 0 spiro atoms. The molecule has 0 bridgehead atoms. The van der Waals surface area contributed by atoms with Gasteiger partial charge in [-0.2, -0.15) is 0 Å². The number of halogens is 2. The number of hydrogen-bond donors (Lipinski definition) is 1. The van der Waals surface area contributed by atoms with Crippen molar-refractivity contribution in [2.75, 3.05) is 20.1 Å². The molecule has 1 saturated heterocycles. The van der Waals surface area contributed by atoms with Crippen LogP contribution >= 0.6 is 24.0 Å². The zero-order valence-electron chi connectivity index (χ0n) is 13.3. The standard InChI is InChI=1S/C16H23ClN2O2.ClH/c1-11-4-5-14(17)15(10-11)21-12(2)16(20)19-8-6-13(18-3)7-9-19;/h4-5,10,12-13,18H,6-9H2,1-3H3;1H. The molecule has 6 heteroatoms. The fourth-order valence-corrected chi connectivity index (χ4v) is 2.75. The van der Waals surface area contributed by atoms with Gasteiger partial charge in [-0.3, -0.25) is 4.79 Å². The van der Waals surface area contributed by atoms with E-state index in [1.54, 1.807) is 13.0 Å². The van der Waals surface area contributed by atoms with Gasteiger partial charge in [-0.15, -0.1) is 12.4 Å². The number of carbonyl (C=O) groups excluding carboxylic acids is 1. The van der Waals surface area contributed by atoms with Crippen LogP contribution in [0.4, 0.5) is 0 Å². The van der Waals surface area contributed by atoms with Gasteiger partial charge in [0.2, 0.25) is 0 Å². The quantitative estimate of drug-likeness (QED) is 0.910. The lowest BCUT2D eigenvalue weighted by molar-refractivity contribution is -0.139. The van der Waals surface area contributed by atoms with Crippen LogP contribution in [0.5, 0.6) is 5.75 Å². The second kappa shape index (κ2) is 8.61. The number of carbonyl (C=O) groups is 1. The van der Waals surface area contributed by atoms with Crippen LogP contribution in [0, 0.1) is 6.92 Å². The van der Waals surface area contributed by atoms with E-state index in [0.29, 0.717) is 16.8 Å². The fraction of sp³-hybridized carbons (Fsp3) is 0.562. The molecule has 1 aliphatic heterocycles. The summed E-state index contributed by atoms with van der Waals surface area (Å²) in [6.45, 7) is 5.31. The molecular weight excluding hydrogens is 323 g/mol. The summed E-state index contributed by atoms with van der Waals surface area (Å²) in [5, 5.41) is 3.80. The molecule has 1 fully saturated rings. The first-order chi connectivity index (χ1) is 10.0. The number of ether oxygens (including phenoxy) is 1. The smallest absolute Gasteiger partial charge is 0.263 e. The molecule has 22 heavy (non-hydrogen) atoms. The number of piperidine rings is 1. The highest BCUT2D eigenvalue weighted by molar-refractivity contribution is 6.32. The van der Waals surface area contributed by atoms with E-state index >= 15 is 0 Å². The van der Waals surface area contributed by atoms with Gasteiger partial charge in [0, 0.05) is 19.1 Å². The minimum Gasteiger partial charge on any atom is -0.479 e. The molecule has 1 N–H and O–H groups in total. The maximum Gasteiger partial charge on any atom is 0.263 e. The molecule has 1 atom stereocenters. The van der Waals surface area contributed by atoms with Gasteiger partial charge in [0.25, 0.3) is 5.91 Å². The summed E-state index contributed by atoms with van der Waals surface area (Å²) in [6, 6.07) is 6.09. The molecule has 4 nitrogen and oxygen atoms in total. The Balaban J connectivity index is 0.00000242. The van der Waals surface area contributed by atoms with Crippen molar-refractivity contribution in [3.8, 4) is 5.75 Å². The zero-order valence-corrected chi connectivity index (χ0v) is 14.8. The van der Waals surface area contributed by atoms with Crippen LogP contribution < -0.4 is 10.1 Å². The van der Waals surface area contributed by atoms with Gasteiger partial charge in [0.05, 0.1) is 5.02 Å². The Bertz CT molecular complexity index is 503. The van der Waals surface area contributed by atoms with Crippen LogP contribution in [0.2, 0.25) is 5.02 Å². The lowest BCUT2D eigenvalue weighted by Crippen LogP contribution is -2.48. The normalized spacial score (nSPS) is 16.8. The summed E-state index contributed by atoms with van der Waals surface area (Å²) in [5.74, 6) is 0.602. The van der Waals surface area contributed by atoms with E-state index in [4.69, 9.17) is 16.3 Å². The van der Waals surface area contributed by atoms with Gasteiger partial charge in [-0.25, -0.2) is 0 Å². The minimum absolute atomic E-state index is 0. The van der Waals surface area contributed by atoms with Gasteiger partial charge in [-0.05, 0) is 51.4 Å². The van der Waals surface area contributed by atoms with Crippen LogP contribution in [0.1, 0.15) is 25.3 Å². The predicted octanol–water partition coefficient (Wildman–Crippen LogP) is 3.05. The molecule has 0 radical (unpaired) electrons. The number of likely N-dealkylation sites (tertiary alicyclic amines) is 1. The Hall–Kier alpha value is -0.970. The number of rotatable bonds is 4. The Labute approximate surface area is 143 Å². The van der Waals surface area contributed by atoms with Gasteiger partial charge >= 0.3 is 0 Å². The molecule has 1 aliphatic rings. The predicted molar refractivity (Wildman–Crippen MR) is 92.2 cm³/mol. The summed E-state index contributed by atoms with van der Waals surface area (Å²) in [6.07, 6.45) is 1.45. The van der Waals surface area contributed by atoms with Crippen molar-refractivity contribution in [3.05, 3.63) is 28.8 Å². The highest BCUT2D eigenvalue weighted by Crippen LogP contribution is 2.26. The van der Waals surface area contributed by atoms with Gasteiger partial charge in [0.15, 0.2) is 6.10 Å². The van der Waals surface area contributed by atoms with Crippen molar-refractivity contribution in [2.24, 2.45) is 0 Å². The minimum atomic E-state index is -0.518. The van der Waals surface area contributed by atoms with Crippen molar-refractivity contribution in [1.82, 2.24) is 10.2 Å². The molecular formula is C16H24Cl2N2O2. The average Bonchev–Trinajstić information content (AvgIpc) is 2.50. The van der Waals surface area contributed by atoms with Crippen molar-refractivity contribution >= 4 is 29.9 Å². The number of aryl methyl sites for hydroxylation is 1. The van der Waals surface area contributed by atoms with Crippen LogP contribution in [0.3, 0.4) is 0 Å². The third-order valence-corrected chi connectivity index (χ3v) is 4.27. The van der Waals surface area contributed by atoms with Crippen molar-refractivity contribution in [2.45, 2.75) is 38.8 Å². The van der Waals surface area contributed by atoms with E-state index in [1.165, 1.54) is 0 Å². The summed E-state index contributed by atoms with van der Waals surface area (Å²) in [4.78, 5) is 14.3. The topological polar surface area (TPSA) is 41.6 Å². The second-order valence-electron chi connectivity index (χ2n) is 5.58. The van der Waals surface area contributed by atoms with E-state index in [2.05, 4.69) is 5.32 Å². The number of nitrogens with one attached hydrogen (secondary N) is 1. The van der Waals surface area contributed by atoms with E-state index in [0.717, 1.165) is 31.5 Å². The third-order valence-electron chi connectivity index (χ3n) is 3.95. The SMILES string of the molecule is CNC1CCN(C(=O)C(C)Oc2cc(C)ccc2Cl)CC1.Cl. The number of nitrogens with zero attached hydrogens (tertiary/aromatic N) is 1. The largest absolute Gasteiger partial charge is 0.479 e. The van der Waals surface area contributed by atoms with E-state index < -0.39 is 6.10 Å². The highest BCUT2D eigenvalue weighted by Gasteiger charge is 2.26. The van der Waals surface area contributed by atoms with Crippen molar-refractivity contribution < 1.29 is 9.53 Å². The fourth-order valence-electron chi connectivity index (χ4n) is 2.59. The van der Waals surface area contributed by atoms with Crippen molar-refractivity contribution in [1.29, 1.82) is 0 Å². The maximum absolute atomic E-state index is 12.4. The van der Waals surface area contributed by atoms with Crippen molar-refractivity contribution in [3.63, 3.8) is 0 Å². The molecule has 2 rings (SSSR count). The Morgan fingerprint density at radius 2 is 2.05 bits per heavy atom. The van der Waals surface area contributed by atoms with Gasteiger partial charge < -0.3 is 15.0 Å². The molecule has 124 valence electrons. The Kier molecular flexibility index (Phi) is 7.46. The number of amides is 1. The summed E-state index contributed by atoms with van der Waals surface area (Å²) < 4.78 is 5.76. The van der Waals surface area contributed by atoms with Crippen LogP contribution in [-0.4, -0.2) is 43.1 Å². The summed E-state index contributed by atoms with van der Waals surface area (Å²) in [7, 11) is 1.97. The first-order valence-electron chi connectivity index (χ1n) is 7.40. The molecule has 1 amide bonds. The molecule has 1 aromatic carbocycles. The number of hydrogen-bond acceptors (Lipinski definition) is 3. The molecule has 1 heterocycles. The molecule has 1 aromatic rings. The van der Waals surface area contributed by atoms with E-state index in [9.17, 15) is 4.79 Å². The van der Waals surface area contributed by atoms with Crippen LogP contribution in [-0.2, 0) is 4.79 Å². The first-order valence-corrected chi connectivity index (χ1v) is 7.78. The third kappa shape index (κ3) is 4.77. The second-order valence-corrected chi connectivity index (χ2v) is 5.99. The summed E-state index contributed by atoms with van der Waals surface area (Å²) >= 11 is 6.11. The molecule has 1 unspecified atom stereocenters. The first kappa shape index (κ1) is 19.1. The Morgan fingerprint density at radius 3 is 2.64 bits per heavy atom. The lowest BCUT2D eigenvalue weighted by atomic mass is 10.0. The average molecular weight is 347 g/mol. The lowest BCUT2D eigenvalue weighted by Gasteiger charge is -2.33. The van der Waals surface area contributed by atoms with Crippen LogP contribution in [0.25, 0.3) is 0 Å². The molecule has 0 aliphatic carbocycles. The Morgan fingerprint density at radius 1 is 1.41 bits per heavy atom. The van der Waals surface area contributed by atoms with E-state index in [1.807, 2.05) is 31.0 Å². The zero-order chi connectivity index (χ0) is 15.4. The monoisotopic (exact) mass is 346 g/mol. The van der Waals surface area contributed by atoms with Gasteiger partial charge in [-0.1, -0.05) is 17.7 Å². The van der Waals surface area contributed by atoms with Crippen LogP contribution in [0.15, 0.2) is 18.2 Å². The van der Waals surface area contributed by atoms with E-state index in [-0.39, 0.29) is 18.3 Å².